The van der Waals surface area contributed by atoms with Crippen LogP contribution in [0.4, 0.5) is 4.39 Å². The summed E-state index contributed by atoms with van der Waals surface area (Å²) in [6, 6.07) is 13.9. The maximum absolute atomic E-state index is 13.1. The molecule has 1 fully saturated rings. The molecule has 18 heavy (non-hydrogen) atoms. The molecule has 3 rings (SSSR count). The minimum Gasteiger partial charge on any atom is -0.294 e. The van der Waals surface area contributed by atoms with E-state index in [0.29, 0.717) is 0 Å². The van der Waals surface area contributed by atoms with E-state index in [2.05, 4.69) is 0 Å². The highest BCUT2D eigenvalue weighted by molar-refractivity contribution is 5.99. The number of benzene rings is 2. The summed E-state index contributed by atoms with van der Waals surface area (Å²) in [4.78, 5) is 11.8. The second kappa shape index (κ2) is 4.37. The zero-order valence-electron chi connectivity index (χ0n) is 9.90. The molecule has 1 nitrogen and oxygen atoms in total. The lowest BCUT2D eigenvalue weighted by Gasteiger charge is -2.03. The molecule has 0 bridgehead atoms. The first kappa shape index (κ1) is 11.1. The molecule has 0 spiro atoms. The van der Waals surface area contributed by atoms with E-state index in [1.165, 1.54) is 12.1 Å². The van der Waals surface area contributed by atoms with Crippen LogP contribution in [0, 0.1) is 11.7 Å². The van der Waals surface area contributed by atoms with Gasteiger partial charge >= 0.3 is 0 Å². The van der Waals surface area contributed by atoms with E-state index in [9.17, 15) is 9.18 Å². The lowest BCUT2D eigenvalue weighted by molar-refractivity contribution is 0.0967. The minimum atomic E-state index is -0.245. The van der Waals surface area contributed by atoms with Gasteiger partial charge in [-0.3, -0.25) is 4.79 Å². The number of hydrogen-bond acceptors (Lipinski definition) is 1. The summed E-state index contributed by atoms with van der Waals surface area (Å²) in [7, 11) is 0. The van der Waals surface area contributed by atoms with Crippen LogP contribution in [0.1, 0.15) is 23.2 Å². The first-order valence-electron chi connectivity index (χ1n) is 6.14. The van der Waals surface area contributed by atoms with Gasteiger partial charge in [0.15, 0.2) is 5.78 Å². The molecule has 0 aromatic heterocycles. The Morgan fingerprint density at radius 2 is 1.72 bits per heavy atom. The van der Waals surface area contributed by atoms with Gasteiger partial charge < -0.3 is 0 Å². The number of rotatable bonds is 3. The third kappa shape index (κ3) is 2.19. The molecule has 0 amide bonds. The van der Waals surface area contributed by atoms with Crippen LogP contribution in [-0.2, 0) is 0 Å². The van der Waals surface area contributed by atoms with Gasteiger partial charge in [0.2, 0.25) is 0 Å². The zero-order chi connectivity index (χ0) is 12.5. The Morgan fingerprint density at radius 3 is 2.33 bits per heavy atom. The van der Waals surface area contributed by atoms with Crippen molar-refractivity contribution in [3.8, 4) is 11.1 Å². The van der Waals surface area contributed by atoms with Crippen LogP contribution >= 0.6 is 0 Å². The number of Topliss-reactive ketones (excluding diaryl/α,β-unsaturated/α-hetero) is 1. The van der Waals surface area contributed by atoms with Crippen molar-refractivity contribution in [1.82, 2.24) is 0 Å². The predicted molar refractivity (Wildman–Crippen MR) is 68.9 cm³/mol. The summed E-state index contributed by atoms with van der Waals surface area (Å²) in [5.41, 5.74) is 2.53. The third-order valence-electron chi connectivity index (χ3n) is 3.28. The molecule has 2 heteroatoms. The van der Waals surface area contributed by atoms with Crippen molar-refractivity contribution < 1.29 is 9.18 Å². The Labute approximate surface area is 105 Å². The summed E-state index contributed by atoms with van der Waals surface area (Å²) in [5.74, 6) is 0.233. The Kier molecular flexibility index (Phi) is 2.71. The summed E-state index contributed by atoms with van der Waals surface area (Å²) >= 11 is 0. The standard InChI is InChI=1S/C16H13FO/c17-15-3-1-2-14(10-15)11-4-6-12(7-5-11)16(18)13-8-9-13/h1-7,10,13H,8-9H2. The van der Waals surface area contributed by atoms with Gasteiger partial charge in [-0.1, -0.05) is 36.4 Å². The molecular weight excluding hydrogens is 227 g/mol. The van der Waals surface area contributed by atoms with Crippen molar-refractivity contribution in [2.24, 2.45) is 5.92 Å². The summed E-state index contributed by atoms with van der Waals surface area (Å²) < 4.78 is 13.1. The average molecular weight is 240 g/mol. The van der Waals surface area contributed by atoms with Crippen LogP contribution in [0.2, 0.25) is 0 Å². The lowest BCUT2D eigenvalue weighted by Crippen LogP contribution is -2.00. The van der Waals surface area contributed by atoms with E-state index in [0.717, 1.165) is 29.5 Å². The number of carbonyl (C=O) groups excluding carboxylic acids is 1. The van der Waals surface area contributed by atoms with Gasteiger partial charge in [-0.2, -0.15) is 0 Å². The van der Waals surface area contributed by atoms with Crippen molar-refractivity contribution >= 4 is 5.78 Å². The highest BCUT2D eigenvalue weighted by Crippen LogP contribution is 2.33. The van der Waals surface area contributed by atoms with Gasteiger partial charge in [-0.15, -0.1) is 0 Å². The Balaban J connectivity index is 1.88. The fourth-order valence-corrected chi connectivity index (χ4v) is 2.08. The van der Waals surface area contributed by atoms with Crippen molar-refractivity contribution in [3.05, 3.63) is 59.9 Å². The molecular formula is C16H13FO. The van der Waals surface area contributed by atoms with E-state index in [1.807, 2.05) is 30.3 Å². The number of carbonyl (C=O) groups is 1. The second-order valence-corrected chi connectivity index (χ2v) is 4.73. The molecule has 0 saturated heterocycles. The van der Waals surface area contributed by atoms with Gasteiger partial charge in [-0.25, -0.2) is 4.39 Å². The SMILES string of the molecule is O=C(c1ccc(-c2cccc(F)c2)cc1)C1CC1. The average Bonchev–Trinajstić information content (AvgIpc) is 3.22. The first-order valence-corrected chi connectivity index (χ1v) is 6.14. The number of ketones is 1. The molecule has 2 aromatic rings. The van der Waals surface area contributed by atoms with Crippen molar-refractivity contribution in [3.63, 3.8) is 0 Å². The topological polar surface area (TPSA) is 17.1 Å². The number of hydrogen-bond donors (Lipinski definition) is 0. The first-order chi connectivity index (χ1) is 8.74. The quantitative estimate of drug-likeness (QED) is 0.738. The maximum Gasteiger partial charge on any atom is 0.165 e. The molecule has 0 aliphatic heterocycles. The normalized spacial score (nSPS) is 14.5. The van der Waals surface area contributed by atoms with Gasteiger partial charge in [-0.05, 0) is 36.1 Å². The molecule has 0 atom stereocenters. The van der Waals surface area contributed by atoms with Crippen molar-refractivity contribution in [2.75, 3.05) is 0 Å². The monoisotopic (exact) mass is 240 g/mol. The highest BCUT2D eigenvalue weighted by Gasteiger charge is 2.30. The van der Waals surface area contributed by atoms with E-state index in [1.54, 1.807) is 6.07 Å². The van der Waals surface area contributed by atoms with Crippen molar-refractivity contribution in [2.45, 2.75) is 12.8 Å². The molecule has 1 aliphatic carbocycles. The van der Waals surface area contributed by atoms with Crippen LogP contribution in [0.25, 0.3) is 11.1 Å². The molecule has 0 N–H and O–H groups in total. The smallest absolute Gasteiger partial charge is 0.165 e. The molecule has 1 aliphatic rings. The van der Waals surface area contributed by atoms with E-state index >= 15 is 0 Å². The van der Waals surface area contributed by atoms with E-state index in [-0.39, 0.29) is 17.5 Å². The Morgan fingerprint density at radius 1 is 1.00 bits per heavy atom. The highest BCUT2D eigenvalue weighted by atomic mass is 19.1. The fourth-order valence-electron chi connectivity index (χ4n) is 2.08. The molecule has 1 saturated carbocycles. The molecule has 0 unspecified atom stereocenters. The van der Waals surface area contributed by atoms with Gasteiger partial charge in [0.1, 0.15) is 5.82 Å². The predicted octanol–water partition coefficient (Wildman–Crippen LogP) is 4.09. The van der Waals surface area contributed by atoms with E-state index in [4.69, 9.17) is 0 Å². The lowest BCUT2D eigenvalue weighted by atomic mass is 10.0. The summed E-state index contributed by atoms with van der Waals surface area (Å²) in [6.45, 7) is 0. The van der Waals surface area contributed by atoms with Gasteiger partial charge in [0, 0.05) is 11.5 Å². The molecule has 0 radical (unpaired) electrons. The zero-order valence-corrected chi connectivity index (χ0v) is 9.90. The Hall–Kier alpha value is -1.96. The van der Waals surface area contributed by atoms with Crippen molar-refractivity contribution in [1.29, 1.82) is 0 Å². The van der Waals surface area contributed by atoms with E-state index < -0.39 is 0 Å². The van der Waals surface area contributed by atoms with Gasteiger partial charge in [0.25, 0.3) is 0 Å². The number of halogens is 1. The second-order valence-electron chi connectivity index (χ2n) is 4.73. The van der Waals surface area contributed by atoms with Gasteiger partial charge in [0.05, 0.1) is 0 Å². The summed E-state index contributed by atoms with van der Waals surface area (Å²) in [6.07, 6.45) is 2.04. The van der Waals surface area contributed by atoms with Crippen LogP contribution in [0.5, 0.6) is 0 Å². The third-order valence-corrected chi connectivity index (χ3v) is 3.28. The molecule has 2 aromatic carbocycles. The maximum atomic E-state index is 13.1. The van der Waals surface area contributed by atoms with Crippen LogP contribution in [-0.4, -0.2) is 5.78 Å². The molecule has 0 heterocycles. The minimum absolute atomic E-state index is 0.237. The van der Waals surface area contributed by atoms with Crippen LogP contribution in [0.3, 0.4) is 0 Å². The Bertz CT molecular complexity index is 582. The fraction of sp³-hybridized carbons (Fsp3) is 0.188. The van der Waals surface area contributed by atoms with Crippen LogP contribution < -0.4 is 0 Å². The van der Waals surface area contributed by atoms with Crippen LogP contribution in [0.15, 0.2) is 48.5 Å². The largest absolute Gasteiger partial charge is 0.294 e. The molecule has 90 valence electrons. The summed E-state index contributed by atoms with van der Waals surface area (Å²) in [5, 5.41) is 0.